The van der Waals surface area contributed by atoms with Crippen molar-refractivity contribution < 1.29 is 14.0 Å². The van der Waals surface area contributed by atoms with Crippen LogP contribution in [0.2, 0.25) is 0 Å². The molecule has 0 saturated carbocycles. The number of aromatic nitrogens is 1. The number of rotatable bonds is 7. The largest absolute Gasteiger partial charge is 0.351 e. The molecule has 1 N–H and O–H groups in total. The smallest absolute Gasteiger partial charge is 0.270 e. The van der Waals surface area contributed by atoms with Gasteiger partial charge in [0.1, 0.15) is 11.5 Å². The maximum atomic E-state index is 14.1. The van der Waals surface area contributed by atoms with E-state index in [1.54, 1.807) is 11.0 Å². The molecule has 3 heterocycles. The minimum atomic E-state index is -0.368. The van der Waals surface area contributed by atoms with Crippen LogP contribution < -0.4 is 10.2 Å². The summed E-state index contributed by atoms with van der Waals surface area (Å²) in [6.45, 7) is 8.87. The van der Waals surface area contributed by atoms with E-state index in [1.807, 2.05) is 11.5 Å². The third kappa shape index (κ3) is 4.45. The fraction of sp³-hybridized carbons (Fsp3) is 0.565. The van der Waals surface area contributed by atoms with Crippen LogP contribution in [-0.4, -0.2) is 79.0 Å². The van der Waals surface area contributed by atoms with E-state index in [-0.39, 0.29) is 17.6 Å². The fourth-order valence-electron chi connectivity index (χ4n) is 4.69. The summed E-state index contributed by atoms with van der Waals surface area (Å²) in [5, 5.41) is 3.67. The Morgan fingerprint density at radius 3 is 2.61 bits per heavy atom. The van der Waals surface area contributed by atoms with Crippen molar-refractivity contribution in [3.05, 3.63) is 29.7 Å². The summed E-state index contributed by atoms with van der Waals surface area (Å²) in [5.74, 6) is -0.581. The Bertz CT molecular complexity index is 965. The molecule has 0 atom stereocenters. The molecule has 8 heteroatoms. The van der Waals surface area contributed by atoms with Crippen molar-refractivity contribution in [3.8, 4) is 0 Å². The summed E-state index contributed by atoms with van der Waals surface area (Å²) in [7, 11) is 2.14. The van der Waals surface area contributed by atoms with Gasteiger partial charge in [0.15, 0.2) is 0 Å². The quantitative estimate of drug-likeness (QED) is 0.686. The zero-order valence-electron chi connectivity index (χ0n) is 18.5. The van der Waals surface area contributed by atoms with Crippen molar-refractivity contribution >= 4 is 28.4 Å². The minimum absolute atomic E-state index is 0.0106. The highest BCUT2D eigenvalue weighted by Crippen LogP contribution is 2.37. The summed E-state index contributed by atoms with van der Waals surface area (Å²) in [6.07, 6.45) is 2.08. The molecule has 2 aliphatic rings. The number of halogens is 1. The molecule has 1 aromatic heterocycles. The Balaban J connectivity index is 1.54. The zero-order chi connectivity index (χ0) is 22.0. The Morgan fingerprint density at radius 2 is 1.94 bits per heavy atom. The highest BCUT2D eigenvalue weighted by Gasteiger charge is 2.31. The molecule has 0 bridgehead atoms. The molecule has 0 spiro atoms. The molecule has 31 heavy (non-hydrogen) atoms. The van der Waals surface area contributed by atoms with Crippen LogP contribution in [0.4, 0.5) is 10.1 Å². The molecule has 0 unspecified atom stereocenters. The van der Waals surface area contributed by atoms with E-state index in [0.29, 0.717) is 42.8 Å². The molecule has 2 aliphatic heterocycles. The van der Waals surface area contributed by atoms with Crippen LogP contribution in [0.5, 0.6) is 0 Å². The first-order valence-corrected chi connectivity index (χ1v) is 11.3. The second-order valence-electron chi connectivity index (χ2n) is 8.51. The van der Waals surface area contributed by atoms with Gasteiger partial charge in [-0.3, -0.25) is 9.59 Å². The number of nitrogens with zero attached hydrogens (tertiary/aromatic N) is 4. The molecule has 0 radical (unpaired) electrons. The van der Waals surface area contributed by atoms with Crippen LogP contribution in [0, 0.1) is 5.82 Å². The third-order valence-electron chi connectivity index (χ3n) is 6.41. The molecule has 168 valence electrons. The Morgan fingerprint density at radius 1 is 1.16 bits per heavy atom. The van der Waals surface area contributed by atoms with E-state index in [1.165, 1.54) is 12.1 Å². The number of aryl methyl sites for hydroxylation is 1. The normalized spacial score (nSPS) is 18.3. The van der Waals surface area contributed by atoms with Crippen LogP contribution >= 0.6 is 0 Å². The molecule has 2 aromatic rings. The van der Waals surface area contributed by atoms with Gasteiger partial charge in [0.25, 0.3) is 5.91 Å². The lowest BCUT2D eigenvalue weighted by Gasteiger charge is -2.32. The van der Waals surface area contributed by atoms with Gasteiger partial charge < -0.3 is 24.6 Å². The van der Waals surface area contributed by atoms with E-state index in [2.05, 4.69) is 22.2 Å². The van der Waals surface area contributed by atoms with Gasteiger partial charge in [0.2, 0.25) is 5.91 Å². The van der Waals surface area contributed by atoms with Gasteiger partial charge in [-0.15, -0.1) is 0 Å². The van der Waals surface area contributed by atoms with E-state index in [4.69, 9.17) is 0 Å². The van der Waals surface area contributed by atoms with Gasteiger partial charge in [0.05, 0.1) is 11.2 Å². The highest BCUT2D eigenvalue weighted by atomic mass is 19.1. The predicted molar refractivity (Wildman–Crippen MR) is 120 cm³/mol. The van der Waals surface area contributed by atoms with Crippen LogP contribution in [-0.2, 0) is 11.3 Å². The lowest BCUT2D eigenvalue weighted by molar-refractivity contribution is -0.117. The number of carbonyl (C=O) groups is 2. The van der Waals surface area contributed by atoms with Gasteiger partial charge in [-0.1, -0.05) is 0 Å². The number of hydrogen-bond donors (Lipinski definition) is 1. The second kappa shape index (κ2) is 9.36. The first kappa shape index (κ1) is 21.8. The average molecular weight is 430 g/mol. The number of piperazine rings is 1. The van der Waals surface area contributed by atoms with Gasteiger partial charge in [-0.2, -0.15) is 0 Å². The van der Waals surface area contributed by atoms with E-state index in [9.17, 15) is 14.0 Å². The molecule has 0 aliphatic carbocycles. The minimum Gasteiger partial charge on any atom is -0.351 e. The maximum absolute atomic E-state index is 14.1. The number of fused-ring (bicyclic) bond motifs is 1. The highest BCUT2D eigenvalue weighted by molar-refractivity contribution is 6.14. The van der Waals surface area contributed by atoms with Crippen molar-refractivity contribution in [2.24, 2.45) is 0 Å². The Labute approximate surface area is 182 Å². The maximum Gasteiger partial charge on any atom is 0.270 e. The topological polar surface area (TPSA) is 60.8 Å². The molecule has 2 fully saturated rings. The van der Waals surface area contributed by atoms with Gasteiger partial charge in [0, 0.05) is 57.6 Å². The first-order valence-electron chi connectivity index (χ1n) is 11.3. The first-order chi connectivity index (χ1) is 15.0. The van der Waals surface area contributed by atoms with E-state index in [0.717, 1.165) is 51.1 Å². The number of likely N-dealkylation sites (N-methyl/N-ethyl adjacent to an activating group) is 1. The molecular formula is C23H32FN5O2. The van der Waals surface area contributed by atoms with Gasteiger partial charge in [-0.05, 0) is 51.6 Å². The zero-order valence-corrected chi connectivity index (χ0v) is 18.5. The number of anilines is 1. The SMILES string of the molecule is CCn1c(C(=O)NCCCN2CCN(C)CC2)c(N2CCCC2=O)c2cc(F)ccc21. The summed E-state index contributed by atoms with van der Waals surface area (Å²) >= 11 is 0. The molecule has 4 rings (SSSR count). The van der Waals surface area contributed by atoms with Crippen LogP contribution in [0.3, 0.4) is 0 Å². The number of nitrogens with one attached hydrogen (secondary N) is 1. The Kier molecular flexibility index (Phi) is 6.57. The molecule has 7 nitrogen and oxygen atoms in total. The van der Waals surface area contributed by atoms with Gasteiger partial charge >= 0.3 is 0 Å². The van der Waals surface area contributed by atoms with Crippen molar-refractivity contribution in [2.75, 3.05) is 57.8 Å². The second-order valence-corrected chi connectivity index (χ2v) is 8.51. The van der Waals surface area contributed by atoms with E-state index >= 15 is 0 Å². The molecule has 1 aromatic carbocycles. The summed E-state index contributed by atoms with van der Waals surface area (Å²) in [6, 6.07) is 4.54. The molecule has 2 amide bonds. The van der Waals surface area contributed by atoms with Crippen LogP contribution in [0.25, 0.3) is 10.9 Å². The summed E-state index contributed by atoms with van der Waals surface area (Å²) in [4.78, 5) is 32.2. The molecule has 2 saturated heterocycles. The van der Waals surface area contributed by atoms with Crippen molar-refractivity contribution in [1.29, 1.82) is 0 Å². The number of amides is 2. The van der Waals surface area contributed by atoms with Gasteiger partial charge in [-0.25, -0.2) is 4.39 Å². The van der Waals surface area contributed by atoms with Crippen molar-refractivity contribution in [1.82, 2.24) is 19.7 Å². The predicted octanol–water partition coefficient (Wildman–Crippen LogP) is 2.29. The standard InChI is InChI=1S/C23H32FN5O2/c1-3-28-19-8-7-17(24)16-18(19)21(29-11-4-6-20(29)30)22(28)23(31)25-9-5-10-27-14-12-26(2)13-15-27/h7-8,16H,3-6,9-15H2,1-2H3,(H,25,31). The lowest BCUT2D eigenvalue weighted by Crippen LogP contribution is -2.45. The molecular weight excluding hydrogens is 397 g/mol. The monoisotopic (exact) mass is 429 g/mol. The third-order valence-corrected chi connectivity index (χ3v) is 6.41. The number of carbonyl (C=O) groups excluding carboxylic acids is 2. The number of hydrogen-bond acceptors (Lipinski definition) is 4. The number of benzene rings is 1. The summed E-state index contributed by atoms with van der Waals surface area (Å²) < 4.78 is 16.0. The fourth-order valence-corrected chi connectivity index (χ4v) is 4.69. The van der Waals surface area contributed by atoms with Crippen molar-refractivity contribution in [3.63, 3.8) is 0 Å². The van der Waals surface area contributed by atoms with E-state index < -0.39 is 0 Å². The van der Waals surface area contributed by atoms with Crippen LogP contribution in [0.1, 0.15) is 36.7 Å². The Hall–Kier alpha value is -2.45. The van der Waals surface area contributed by atoms with Crippen LogP contribution in [0.15, 0.2) is 18.2 Å². The summed E-state index contributed by atoms with van der Waals surface area (Å²) in [5.41, 5.74) is 1.79. The lowest BCUT2D eigenvalue weighted by atomic mass is 10.2. The van der Waals surface area contributed by atoms with Crippen molar-refractivity contribution in [2.45, 2.75) is 32.7 Å². The average Bonchev–Trinajstić information content (AvgIpc) is 3.32.